The zero-order chi connectivity index (χ0) is 16.0. The Morgan fingerprint density at radius 2 is 2.13 bits per heavy atom. The molecule has 0 saturated carbocycles. The van der Waals surface area contributed by atoms with Gasteiger partial charge in [0.25, 0.3) is 0 Å². The van der Waals surface area contributed by atoms with Crippen molar-refractivity contribution in [2.75, 3.05) is 0 Å². The van der Waals surface area contributed by atoms with Gasteiger partial charge in [-0.2, -0.15) is 0 Å². The summed E-state index contributed by atoms with van der Waals surface area (Å²) >= 11 is 3.28. The zero-order valence-corrected chi connectivity index (χ0v) is 13.6. The van der Waals surface area contributed by atoms with Crippen LogP contribution in [0.1, 0.15) is 18.5 Å². The minimum absolute atomic E-state index is 0.338. The van der Waals surface area contributed by atoms with Gasteiger partial charge in [-0.15, -0.1) is 5.10 Å². The van der Waals surface area contributed by atoms with E-state index in [1.165, 1.54) is 6.07 Å². The monoisotopic (exact) mass is 372 g/mol. The Morgan fingerprint density at radius 1 is 1.26 bits per heavy atom. The predicted octanol–water partition coefficient (Wildman–Crippen LogP) is 3.28. The van der Waals surface area contributed by atoms with Gasteiger partial charge >= 0.3 is 0 Å². The molecule has 1 unspecified atom stereocenters. The molecule has 23 heavy (non-hydrogen) atoms. The Balaban J connectivity index is 1.89. The molecule has 4 aromatic rings. The predicted molar refractivity (Wildman–Crippen MR) is 86.3 cm³/mol. The van der Waals surface area contributed by atoms with Gasteiger partial charge in [-0.1, -0.05) is 11.3 Å². The van der Waals surface area contributed by atoms with Gasteiger partial charge in [-0.05, 0) is 35.0 Å². The molecule has 4 rings (SSSR count). The van der Waals surface area contributed by atoms with Crippen LogP contribution in [-0.4, -0.2) is 29.9 Å². The summed E-state index contributed by atoms with van der Waals surface area (Å²) in [7, 11) is 0. The lowest BCUT2D eigenvalue weighted by Crippen LogP contribution is -2.11. The van der Waals surface area contributed by atoms with Gasteiger partial charge in [-0.3, -0.25) is 4.98 Å². The van der Waals surface area contributed by atoms with Gasteiger partial charge in [0.1, 0.15) is 10.4 Å². The van der Waals surface area contributed by atoms with Crippen LogP contribution in [0.25, 0.3) is 22.2 Å². The highest BCUT2D eigenvalue weighted by molar-refractivity contribution is 9.10. The molecule has 0 saturated heterocycles. The third kappa shape index (κ3) is 2.35. The maximum Gasteiger partial charge on any atom is 0.221 e. The number of hydrogen-bond acceptors (Lipinski definition) is 5. The minimum Gasteiger partial charge on any atom is -0.256 e. The van der Waals surface area contributed by atoms with Crippen LogP contribution in [0.3, 0.4) is 0 Å². The first-order valence-electron chi connectivity index (χ1n) is 6.91. The van der Waals surface area contributed by atoms with Crippen molar-refractivity contribution in [3.63, 3.8) is 0 Å². The number of aromatic nitrogens is 6. The molecule has 1 atom stereocenters. The summed E-state index contributed by atoms with van der Waals surface area (Å²) in [4.78, 5) is 12.6. The van der Waals surface area contributed by atoms with Crippen molar-refractivity contribution >= 4 is 38.1 Å². The Morgan fingerprint density at radius 3 is 3.00 bits per heavy atom. The summed E-state index contributed by atoms with van der Waals surface area (Å²) in [5.41, 5.74) is 2.03. The van der Waals surface area contributed by atoms with Gasteiger partial charge in [0, 0.05) is 23.2 Å². The van der Waals surface area contributed by atoms with E-state index in [0.717, 1.165) is 5.39 Å². The van der Waals surface area contributed by atoms with Crippen LogP contribution < -0.4 is 0 Å². The van der Waals surface area contributed by atoms with E-state index in [1.54, 1.807) is 23.1 Å². The molecule has 0 amide bonds. The quantitative estimate of drug-likeness (QED) is 0.539. The Hall–Kier alpha value is -2.48. The number of pyridine rings is 1. The zero-order valence-electron chi connectivity index (χ0n) is 12.0. The van der Waals surface area contributed by atoms with Crippen molar-refractivity contribution in [3.8, 4) is 0 Å². The molecule has 3 heterocycles. The summed E-state index contributed by atoms with van der Waals surface area (Å²) in [6, 6.07) is 6.55. The van der Waals surface area contributed by atoms with Crippen LogP contribution in [0.15, 0.2) is 41.3 Å². The molecule has 0 aliphatic heterocycles. The molecule has 3 aromatic heterocycles. The lowest BCUT2D eigenvalue weighted by Gasteiger charge is -2.14. The summed E-state index contributed by atoms with van der Waals surface area (Å²) in [6.07, 6.45) is 3.19. The molecule has 0 aliphatic rings. The highest BCUT2D eigenvalue weighted by Gasteiger charge is 2.19. The van der Waals surface area contributed by atoms with E-state index in [-0.39, 0.29) is 11.9 Å². The second kappa shape index (κ2) is 5.31. The molecular formula is C15H10BrFN6. The summed E-state index contributed by atoms with van der Waals surface area (Å²) in [5, 5.41) is 8.92. The first kappa shape index (κ1) is 14.1. The molecule has 0 fully saturated rings. The van der Waals surface area contributed by atoms with Crippen molar-refractivity contribution in [3.05, 3.63) is 52.6 Å². The third-order valence-corrected chi connectivity index (χ3v) is 4.08. The van der Waals surface area contributed by atoms with E-state index >= 15 is 0 Å². The van der Waals surface area contributed by atoms with Gasteiger partial charge < -0.3 is 0 Å². The molecule has 8 heteroatoms. The van der Waals surface area contributed by atoms with Crippen molar-refractivity contribution in [2.45, 2.75) is 13.0 Å². The number of fused-ring (bicyclic) bond motifs is 2. The van der Waals surface area contributed by atoms with Gasteiger partial charge in [0.15, 0.2) is 5.65 Å². The highest BCUT2D eigenvalue weighted by Crippen LogP contribution is 2.26. The van der Waals surface area contributed by atoms with Crippen molar-refractivity contribution in [1.29, 1.82) is 0 Å². The van der Waals surface area contributed by atoms with E-state index in [0.29, 0.717) is 27.0 Å². The van der Waals surface area contributed by atoms with Gasteiger partial charge in [0.05, 0.1) is 17.8 Å². The standard InChI is InChI=1S/C15H10BrFN6/c1-8(23-15-14(21-22-23)19-7-13(16)20-15)10-5-9-3-2-4-18-12(9)6-11(10)17/h2-8H,1H3. The number of hydrogen-bond donors (Lipinski definition) is 0. The van der Waals surface area contributed by atoms with E-state index < -0.39 is 0 Å². The average molecular weight is 373 g/mol. The smallest absolute Gasteiger partial charge is 0.221 e. The largest absolute Gasteiger partial charge is 0.256 e. The van der Waals surface area contributed by atoms with Crippen LogP contribution in [0.4, 0.5) is 4.39 Å². The van der Waals surface area contributed by atoms with Crippen LogP contribution in [0.5, 0.6) is 0 Å². The topological polar surface area (TPSA) is 69.4 Å². The van der Waals surface area contributed by atoms with Crippen LogP contribution in [-0.2, 0) is 0 Å². The molecule has 6 nitrogen and oxygen atoms in total. The van der Waals surface area contributed by atoms with Crippen LogP contribution >= 0.6 is 15.9 Å². The summed E-state index contributed by atoms with van der Waals surface area (Å²) < 4.78 is 16.6. The SMILES string of the molecule is CC(c1cc2cccnc2cc1F)n1nnc2ncc(Br)nc21. The second-order valence-corrected chi connectivity index (χ2v) is 5.93. The highest BCUT2D eigenvalue weighted by atomic mass is 79.9. The van der Waals surface area contributed by atoms with E-state index in [4.69, 9.17) is 0 Å². The molecule has 0 aliphatic carbocycles. The number of nitrogens with zero attached hydrogens (tertiary/aromatic N) is 6. The molecular weight excluding hydrogens is 363 g/mol. The molecule has 0 spiro atoms. The Labute approximate surface area is 138 Å². The Bertz CT molecular complexity index is 1030. The Kier molecular flexibility index (Phi) is 3.26. The fraction of sp³-hybridized carbons (Fsp3) is 0.133. The summed E-state index contributed by atoms with van der Waals surface area (Å²) in [6.45, 7) is 1.84. The first-order valence-corrected chi connectivity index (χ1v) is 7.70. The van der Waals surface area contributed by atoms with Crippen molar-refractivity contribution < 1.29 is 4.39 Å². The fourth-order valence-electron chi connectivity index (χ4n) is 2.53. The molecule has 114 valence electrons. The number of halogens is 2. The molecule has 0 bridgehead atoms. The molecule has 1 aromatic carbocycles. The van der Waals surface area contributed by atoms with Crippen molar-refractivity contribution in [2.24, 2.45) is 0 Å². The van der Waals surface area contributed by atoms with Gasteiger partial charge in [-0.25, -0.2) is 19.0 Å². The van der Waals surface area contributed by atoms with Crippen molar-refractivity contribution in [1.82, 2.24) is 29.9 Å². The average Bonchev–Trinajstić information content (AvgIpc) is 2.96. The van der Waals surface area contributed by atoms with E-state index in [1.807, 2.05) is 19.1 Å². The second-order valence-electron chi connectivity index (χ2n) is 5.12. The third-order valence-electron chi connectivity index (χ3n) is 3.70. The van der Waals surface area contributed by atoms with E-state index in [9.17, 15) is 4.39 Å². The number of rotatable bonds is 2. The maximum atomic E-state index is 14.5. The lowest BCUT2D eigenvalue weighted by atomic mass is 10.0. The molecule has 0 radical (unpaired) electrons. The summed E-state index contributed by atoms with van der Waals surface area (Å²) in [5.74, 6) is -0.338. The molecule has 0 N–H and O–H groups in total. The van der Waals surface area contributed by atoms with Crippen LogP contribution in [0, 0.1) is 5.82 Å². The normalized spacial score (nSPS) is 12.8. The van der Waals surface area contributed by atoms with Crippen LogP contribution in [0.2, 0.25) is 0 Å². The number of benzene rings is 1. The van der Waals surface area contributed by atoms with E-state index in [2.05, 4.69) is 41.2 Å². The fourth-order valence-corrected chi connectivity index (χ4v) is 2.80. The van der Waals surface area contributed by atoms with Gasteiger partial charge in [0.2, 0.25) is 5.65 Å². The lowest BCUT2D eigenvalue weighted by molar-refractivity contribution is 0.518. The minimum atomic E-state index is -0.381. The first-order chi connectivity index (χ1) is 11.1. The maximum absolute atomic E-state index is 14.5.